The topological polar surface area (TPSA) is 55.6 Å². The Hall–Kier alpha value is -1.39. The molecule has 4 heteroatoms. The summed E-state index contributed by atoms with van der Waals surface area (Å²) >= 11 is 0. The van der Waals surface area contributed by atoms with Crippen molar-refractivity contribution in [2.45, 2.75) is 13.0 Å². The summed E-state index contributed by atoms with van der Waals surface area (Å²) in [7, 11) is 0. The first-order chi connectivity index (χ1) is 8.74. The van der Waals surface area contributed by atoms with Crippen molar-refractivity contribution in [2.75, 3.05) is 26.3 Å². The van der Waals surface area contributed by atoms with E-state index in [-0.39, 0.29) is 17.9 Å². The van der Waals surface area contributed by atoms with Crippen molar-refractivity contribution in [3.63, 3.8) is 0 Å². The van der Waals surface area contributed by atoms with Crippen LogP contribution >= 0.6 is 0 Å². The quantitative estimate of drug-likeness (QED) is 0.874. The van der Waals surface area contributed by atoms with Crippen LogP contribution in [0.25, 0.3) is 0 Å². The van der Waals surface area contributed by atoms with Gasteiger partial charge in [-0.3, -0.25) is 4.79 Å². The van der Waals surface area contributed by atoms with E-state index >= 15 is 0 Å². The summed E-state index contributed by atoms with van der Waals surface area (Å²) in [5.41, 5.74) is 6.71. The second-order valence-corrected chi connectivity index (χ2v) is 4.67. The molecule has 1 aromatic rings. The van der Waals surface area contributed by atoms with Gasteiger partial charge in [0, 0.05) is 19.0 Å². The SMILES string of the molecule is CC(CN)C(=O)N1CCOCC1c1ccccc1. The lowest BCUT2D eigenvalue weighted by atomic mass is 10.0. The molecular formula is C14H20N2O2. The van der Waals surface area contributed by atoms with Gasteiger partial charge in [-0.15, -0.1) is 0 Å². The zero-order valence-corrected chi connectivity index (χ0v) is 10.7. The van der Waals surface area contributed by atoms with Gasteiger partial charge in [0.25, 0.3) is 0 Å². The van der Waals surface area contributed by atoms with Crippen molar-refractivity contribution in [3.05, 3.63) is 35.9 Å². The zero-order valence-electron chi connectivity index (χ0n) is 10.7. The molecule has 0 spiro atoms. The van der Waals surface area contributed by atoms with Crippen LogP contribution in [0, 0.1) is 5.92 Å². The fourth-order valence-electron chi connectivity index (χ4n) is 2.20. The molecule has 0 aliphatic carbocycles. The van der Waals surface area contributed by atoms with Gasteiger partial charge in [-0.1, -0.05) is 37.3 Å². The Morgan fingerprint density at radius 3 is 2.89 bits per heavy atom. The molecule has 4 nitrogen and oxygen atoms in total. The maximum atomic E-state index is 12.3. The number of benzene rings is 1. The lowest BCUT2D eigenvalue weighted by molar-refractivity contribution is -0.143. The Morgan fingerprint density at radius 1 is 1.50 bits per heavy atom. The normalized spacial score (nSPS) is 21.7. The van der Waals surface area contributed by atoms with Crippen LogP contribution in [0.5, 0.6) is 0 Å². The summed E-state index contributed by atoms with van der Waals surface area (Å²) in [6, 6.07) is 10.0. The van der Waals surface area contributed by atoms with E-state index in [1.807, 2.05) is 42.2 Å². The van der Waals surface area contributed by atoms with E-state index in [2.05, 4.69) is 0 Å². The van der Waals surface area contributed by atoms with Crippen molar-refractivity contribution in [1.82, 2.24) is 4.90 Å². The molecule has 2 N–H and O–H groups in total. The minimum atomic E-state index is -0.130. The van der Waals surface area contributed by atoms with Crippen LogP contribution in [-0.4, -0.2) is 37.1 Å². The number of hydrogen-bond acceptors (Lipinski definition) is 3. The molecule has 2 atom stereocenters. The van der Waals surface area contributed by atoms with Gasteiger partial charge in [0.1, 0.15) is 0 Å². The van der Waals surface area contributed by atoms with E-state index in [0.717, 1.165) is 5.56 Å². The molecule has 0 bridgehead atoms. The zero-order chi connectivity index (χ0) is 13.0. The number of amides is 1. The van der Waals surface area contributed by atoms with E-state index in [4.69, 9.17) is 10.5 Å². The van der Waals surface area contributed by atoms with Gasteiger partial charge in [0.05, 0.1) is 19.3 Å². The maximum Gasteiger partial charge on any atom is 0.227 e. The van der Waals surface area contributed by atoms with E-state index < -0.39 is 0 Å². The molecular weight excluding hydrogens is 228 g/mol. The van der Waals surface area contributed by atoms with E-state index in [0.29, 0.717) is 26.3 Å². The van der Waals surface area contributed by atoms with Gasteiger partial charge < -0.3 is 15.4 Å². The van der Waals surface area contributed by atoms with Gasteiger partial charge in [0.15, 0.2) is 0 Å². The van der Waals surface area contributed by atoms with Crippen molar-refractivity contribution < 1.29 is 9.53 Å². The summed E-state index contributed by atoms with van der Waals surface area (Å²) in [6.07, 6.45) is 0. The maximum absolute atomic E-state index is 12.3. The van der Waals surface area contributed by atoms with Crippen molar-refractivity contribution in [2.24, 2.45) is 11.7 Å². The molecule has 0 saturated carbocycles. The lowest BCUT2D eigenvalue weighted by Crippen LogP contribution is -2.46. The van der Waals surface area contributed by atoms with Crippen LogP contribution in [0.4, 0.5) is 0 Å². The molecule has 1 aliphatic rings. The second kappa shape index (κ2) is 5.98. The monoisotopic (exact) mass is 248 g/mol. The van der Waals surface area contributed by atoms with Gasteiger partial charge in [-0.2, -0.15) is 0 Å². The van der Waals surface area contributed by atoms with Gasteiger partial charge in [0.2, 0.25) is 5.91 Å². The van der Waals surface area contributed by atoms with Crippen molar-refractivity contribution in [3.8, 4) is 0 Å². The van der Waals surface area contributed by atoms with Crippen LogP contribution in [-0.2, 0) is 9.53 Å². The Morgan fingerprint density at radius 2 is 2.22 bits per heavy atom. The molecule has 18 heavy (non-hydrogen) atoms. The Labute approximate surface area is 108 Å². The Bertz CT molecular complexity index is 394. The molecule has 0 radical (unpaired) electrons. The summed E-state index contributed by atoms with van der Waals surface area (Å²) in [4.78, 5) is 14.2. The van der Waals surface area contributed by atoms with Crippen LogP contribution in [0.3, 0.4) is 0 Å². The Balaban J connectivity index is 2.19. The summed E-state index contributed by atoms with van der Waals surface area (Å²) in [6.45, 7) is 4.07. The number of carbonyl (C=O) groups excluding carboxylic acids is 1. The third-order valence-corrected chi connectivity index (χ3v) is 3.37. The standard InChI is InChI=1S/C14H20N2O2/c1-11(9-15)14(17)16-7-8-18-10-13(16)12-5-3-2-4-6-12/h2-6,11,13H,7-10,15H2,1H3. The van der Waals surface area contributed by atoms with Crippen LogP contribution in [0.15, 0.2) is 30.3 Å². The average molecular weight is 248 g/mol. The minimum Gasteiger partial charge on any atom is -0.377 e. The van der Waals surface area contributed by atoms with E-state index in [1.165, 1.54) is 0 Å². The van der Waals surface area contributed by atoms with Crippen LogP contribution in [0.2, 0.25) is 0 Å². The Kier molecular flexibility index (Phi) is 4.33. The highest BCUT2D eigenvalue weighted by molar-refractivity contribution is 5.79. The number of nitrogens with zero attached hydrogens (tertiary/aromatic N) is 1. The van der Waals surface area contributed by atoms with Gasteiger partial charge >= 0.3 is 0 Å². The van der Waals surface area contributed by atoms with Crippen LogP contribution < -0.4 is 5.73 Å². The summed E-state index contributed by atoms with van der Waals surface area (Å²) in [5, 5.41) is 0. The molecule has 1 heterocycles. The number of carbonyl (C=O) groups is 1. The predicted octanol–water partition coefficient (Wildman–Crippen LogP) is 1.18. The minimum absolute atomic E-state index is 0.0152. The molecule has 2 rings (SSSR count). The van der Waals surface area contributed by atoms with Gasteiger partial charge in [-0.25, -0.2) is 0 Å². The van der Waals surface area contributed by atoms with Gasteiger partial charge in [-0.05, 0) is 5.56 Å². The largest absolute Gasteiger partial charge is 0.377 e. The first kappa shape index (κ1) is 13.1. The predicted molar refractivity (Wildman–Crippen MR) is 69.9 cm³/mol. The number of morpholine rings is 1. The molecule has 98 valence electrons. The molecule has 1 aliphatic heterocycles. The van der Waals surface area contributed by atoms with E-state index in [1.54, 1.807) is 0 Å². The highest BCUT2D eigenvalue weighted by Gasteiger charge is 2.30. The summed E-state index contributed by atoms with van der Waals surface area (Å²) in [5.74, 6) is -0.0102. The summed E-state index contributed by atoms with van der Waals surface area (Å²) < 4.78 is 5.51. The average Bonchev–Trinajstić information content (AvgIpc) is 2.46. The third-order valence-electron chi connectivity index (χ3n) is 3.37. The molecule has 2 unspecified atom stereocenters. The number of ether oxygens (including phenoxy) is 1. The first-order valence-electron chi connectivity index (χ1n) is 6.37. The highest BCUT2D eigenvalue weighted by Crippen LogP contribution is 2.25. The molecule has 1 amide bonds. The smallest absolute Gasteiger partial charge is 0.227 e. The number of rotatable bonds is 3. The highest BCUT2D eigenvalue weighted by atomic mass is 16.5. The number of hydrogen-bond donors (Lipinski definition) is 1. The molecule has 1 saturated heterocycles. The van der Waals surface area contributed by atoms with Crippen LogP contribution in [0.1, 0.15) is 18.5 Å². The van der Waals surface area contributed by atoms with E-state index in [9.17, 15) is 4.79 Å². The molecule has 1 aromatic carbocycles. The molecule has 0 aromatic heterocycles. The van der Waals surface area contributed by atoms with Crippen molar-refractivity contribution >= 4 is 5.91 Å². The molecule has 1 fully saturated rings. The third kappa shape index (κ3) is 2.71. The first-order valence-corrected chi connectivity index (χ1v) is 6.37. The van der Waals surface area contributed by atoms with Crippen molar-refractivity contribution in [1.29, 1.82) is 0 Å². The second-order valence-electron chi connectivity index (χ2n) is 4.67. The fraction of sp³-hybridized carbons (Fsp3) is 0.500. The lowest BCUT2D eigenvalue weighted by Gasteiger charge is -2.37. The number of nitrogens with two attached hydrogens (primary N) is 1. The fourth-order valence-corrected chi connectivity index (χ4v) is 2.20.